The number of ether oxygens (including phenoxy) is 1. The molecule has 3 aliphatic rings. The Hall–Kier alpha value is -1.10. The first-order valence-corrected chi connectivity index (χ1v) is 6.73. The number of fused-ring (bicyclic) bond motifs is 3. The van der Waals surface area contributed by atoms with Gasteiger partial charge in [-0.3, -0.25) is 9.59 Å². The standard InChI is InChI=1S/C13H21NO4/c1-3-17-13(16)11-9-4-6-10(7-5-9)12(11)14-18-8(2)15/h9-12,14H,3-7H2,1-2H3/t9?,10?,11-,12-/m0/s1. The fourth-order valence-corrected chi connectivity index (χ4v) is 3.35. The molecule has 0 unspecified atom stereocenters. The van der Waals surface area contributed by atoms with Crippen LogP contribution in [0, 0.1) is 17.8 Å². The second-order valence-electron chi connectivity index (χ2n) is 5.19. The van der Waals surface area contributed by atoms with E-state index in [1.54, 1.807) is 0 Å². The number of esters is 1. The first-order chi connectivity index (χ1) is 8.63. The maximum Gasteiger partial charge on any atom is 0.321 e. The molecule has 18 heavy (non-hydrogen) atoms. The largest absolute Gasteiger partial charge is 0.466 e. The van der Waals surface area contributed by atoms with Crippen LogP contribution in [0.5, 0.6) is 0 Å². The van der Waals surface area contributed by atoms with Crippen LogP contribution in [0.3, 0.4) is 0 Å². The van der Waals surface area contributed by atoms with Gasteiger partial charge in [0.15, 0.2) is 0 Å². The molecule has 0 aromatic rings. The molecule has 0 saturated heterocycles. The summed E-state index contributed by atoms with van der Waals surface area (Å²) in [6.07, 6.45) is 4.35. The summed E-state index contributed by atoms with van der Waals surface area (Å²) in [5.41, 5.74) is 2.79. The van der Waals surface area contributed by atoms with E-state index >= 15 is 0 Å². The first kappa shape index (κ1) is 13.3. The van der Waals surface area contributed by atoms with Crippen molar-refractivity contribution >= 4 is 11.9 Å². The van der Waals surface area contributed by atoms with E-state index in [0.29, 0.717) is 18.4 Å². The van der Waals surface area contributed by atoms with Crippen molar-refractivity contribution in [2.45, 2.75) is 45.6 Å². The molecular weight excluding hydrogens is 234 g/mol. The van der Waals surface area contributed by atoms with Crippen LogP contribution in [-0.4, -0.2) is 24.6 Å². The number of rotatable bonds is 4. The Morgan fingerprint density at radius 1 is 1.17 bits per heavy atom. The Balaban J connectivity index is 2.06. The lowest BCUT2D eigenvalue weighted by atomic mass is 9.62. The third-order valence-electron chi connectivity index (χ3n) is 4.12. The highest BCUT2D eigenvalue weighted by Crippen LogP contribution is 2.45. The SMILES string of the molecule is CCOC(=O)[C@H]1C2CCC(CC2)[C@@H]1NOC(C)=O. The van der Waals surface area contributed by atoms with E-state index in [2.05, 4.69) is 5.48 Å². The maximum atomic E-state index is 12.0. The molecule has 102 valence electrons. The molecule has 0 heterocycles. The molecule has 0 radical (unpaired) electrons. The van der Waals surface area contributed by atoms with Crippen molar-refractivity contribution in [2.75, 3.05) is 6.61 Å². The highest BCUT2D eigenvalue weighted by molar-refractivity contribution is 5.74. The molecular formula is C13H21NO4. The molecule has 0 amide bonds. The molecule has 2 atom stereocenters. The Kier molecular flexibility index (Phi) is 4.22. The van der Waals surface area contributed by atoms with Crippen LogP contribution in [0.25, 0.3) is 0 Å². The lowest BCUT2D eigenvalue weighted by molar-refractivity contribution is -0.168. The number of nitrogens with one attached hydrogen (secondary N) is 1. The van der Waals surface area contributed by atoms with Gasteiger partial charge in [-0.25, -0.2) is 0 Å². The summed E-state index contributed by atoms with van der Waals surface area (Å²) in [4.78, 5) is 27.8. The Labute approximate surface area is 107 Å². The van der Waals surface area contributed by atoms with Crippen LogP contribution in [0.1, 0.15) is 39.5 Å². The summed E-state index contributed by atoms with van der Waals surface area (Å²) in [6.45, 7) is 3.56. The van der Waals surface area contributed by atoms with Crippen molar-refractivity contribution in [3.63, 3.8) is 0 Å². The molecule has 5 heteroatoms. The third kappa shape index (κ3) is 2.66. The number of hydrogen-bond donors (Lipinski definition) is 1. The molecule has 0 aliphatic heterocycles. The summed E-state index contributed by atoms with van der Waals surface area (Å²) < 4.78 is 5.15. The van der Waals surface area contributed by atoms with E-state index in [1.807, 2.05) is 6.92 Å². The molecule has 0 aromatic heterocycles. The fourth-order valence-electron chi connectivity index (χ4n) is 3.35. The van der Waals surface area contributed by atoms with Gasteiger partial charge in [-0.15, -0.1) is 5.48 Å². The second kappa shape index (κ2) is 5.69. The summed E-state index contributed by atoms with van der Waals surface area (Å²) in [5.74, 6) is 0.0678. The van der Waals surface area contributed by atoms with E-state index in [-0.39, 0.29) is 23.9 Å². The van der Waals surface area contributed by atoms with Crippen molar-refractivity contribution in [1.29, 1.82) is 0 Å². The van der Waals surface area contributed by atoms with Gasteiger partial charge in [0, 0.05) is 6.92 Å². The minimum absolute atomic E-state index is 0.0829. The number of hydrogen-bond acceptors (Lipinski definition) is 5. The molecule has 1 N–H and O–H groups in total. The predicted octanol–water partition coefficient (Wildman–Crippen LogP) is 1.42. The zero-order valence-electron chi connectivity index (χ0n) is 11.0. The lowest BCUT2D eigenvalue weighted by Gasteiger charge is -2.46. The van der Waals surface area contributed by atoms with Gasteiger partial charge in [0.2, 0.25) is 0 Å². The summed E-state index contributed by atoms with van der Waals surface area (Å²) in [5, 5.41) is 0. The number of carbonyl (C=O) groups is 2. The molecule has 3 aliphatic carbocycles. The third-order valence-corrected chi connectivity index (χ3v) is 4.12. The summed E-state index contributed by atoms with van der Waals surface area (Å²) in [6, 6.07) is -0.0829. The zero-order chi connectivity index (χ0) is 13.1. The van der Waals surface area contributed by atoms with Gasteiger partial charge in [0.05, 0.1) is 18.6 Å². The highest BCUT2D eigenvalue weighted by atomic mass is 16.7. The number of carbonyl (C=O) groups excluding carboxylic acids is 2. The molecule has 5 nitrogen and oxygen atoms in total. The first-order valence-electron chi connectivity index (χ1n) is 6.73. The van der Waals surface area contributed by atoms with Crippen LogP contribution in [0.2, 0.25) is 0 Å². The van der Waals surface area contributed by atoms with Gasteiger partial charge in [-0.1, -0.05) is 0 Å². The van der Waals surface area contributed by atoms with Crippen LogP contribution >= 0.6 is 0 Å². The van der Waals surface area contributed by atoms with E-state index in [9.17, 15) is 9.59 Å². The minimum atomic E-state index is -0.376. The van der Waals surface area contributed by atoms with Crippen molar-refractivity contribution in [1.82, 2.24) is 5.48 Å². The van der Waals surface area contributed by atoms with Gasteiger partial charge in [-0.2, -0.15) is 0 Å². The maximum absolute atomic E-state index is 12.0. The van der Waals surface area contributed by atoms with Crippen molar-refractivity contribution in [2.24, 2.45) is 17.8 Å². The van der Waals surface area contributed by atoms with Gasteiger partial charge < -0.3 is 9.57 Å². The van der Waals surface area contributed by atoms with E-state index in [4.69, 9.17) is 9.57 Å². The zero-order valence-corrected chi connectivity index (χ0v) is 11.0. The van der Waals surface area contributed by atoms with Crippen LogP contribution in [0.15, 0.2) is 0 Å². The average molecular weight is 255 g/mol. The minimum Gasteiger partial charge on any atom is -0.466 e. The molecule has 3 fully saturated rings. The summed E-state index contributed by atoms with van der Waals surface area (Å²) in [7, 11) is 0. The van der Waals surface area contributed by atoms with E-state index < -0.39 is 0 Å². The molecule has 3 saturated carbocycles. The van der Waals surface area contributed by atoms with Gasteiger partial charge >= 0.3 is 11.9 Å². The molecule has 3 rings (SSSR count). The highest BCUT2D eigenvalue weighted by Gasteiger charge is 2.48. The van der Waals surface area contributed by atoms with Crippen LogP contribution in [0.4, 0.5) is 0 Å². The number of hydroxylamine groups is 1. The van der Waals surface area contributed by atoms with Gasteiger partial charge in [-0.05, 0) is 44.4 Å². The van der Waals surface area contributed by atoms with Crippen LogP contribution < -0.4 is 5.48 Å². The monoisotopic (exact) mass is 255 g/mol. The van der Waals surface area contributed by atoms with E-state index in [0.717, 1.165) is 25.7 Å². The predicted molar refractivity (Wildman–Crippen MR) is 64.3 cm³/mol. The fraction of sp³-hybridized carbons (Fsp3) is 0.846. The second-order valence-corrected chi connectivity index (χ2v) is 5.19. The lowest BCUT2D eigenvalue weighted by Crippen LogP contribution is -2.55. The van der Waals surface area contributed by atoms with Crippen molar-refractivity contribution in [3.05, 3.63) is 0 Å². The van der Waals surface area contributed by atoms with Crippen molar-refractivity contribution < 1.29 is 19.2 Å². The van der Waals surface area contributed by atoms with Gasteiger partial charge in [0.25, 0.3) is 0 Å². The molecule has 0 aromatic carbocycles. The van der Waals surface area contributed by atoms with E-state index in [1.165, 1.54) is 6.92 Å². The Morgan fingerprint density at radius 2 is 1.78 bits per heavy atom. The molecule has 2 bridgehead atoms. The van der Waals surface area contributed by atoms with Crippen LogP contribution in [-0.2, 0) is 19.2 Å². The topological polar surface area (TPSA) is 64.6 Å². The smallest absolute Gasteiger partial charge is 0.321 e. The quantitative estimate of drug-likeness (QED) is 0.608. The summed E-state index contributed by atoms with van der Waals surface area (Å²) >= 11 is 0. The average Bonchev–Trinajstić information content (AvgIpc) is 2.37. The van der Waals surface area contributed by atoms with Crippen molar-refractivity contribution in [3.8, 4) is 0 Å². The normalized spacial score (nSPS) is 34.1. The Morgan fingerprint density at radius 3 is 2.33 bits per heavy atom. The molecule has 0 spiro atoms. The Bertz CT molecular complexity index is 323. The van der Waals surface area contributed by atoms with Gasteiger partial charge in [0.1, 0.15) is 0 Å².